The SMILES string of the molecule is CC(CC(=O)N1CCNC(=O)C1c1cccs1)C1CCNCC1.Cl. The minimum absolute atomic E-state index is 0. The second kappa shape index (κ2) is 8.83. The molecule has 2 N–H and O–H groups in total. The molecule has 1 aromatic rings. The Bertz CT molecular complexity index is 546. The van der Waals surface area contributed by atoms with Gasteiger partial charge in [0.2, 0.25) is 11.8 Å². The molecule has 2 saturated heterocycles. The number of piperazine rings is 1. The molecule has 5 nitrogen and oxygen atoms in total. The van der Waals surface area contributed by atoms with Gasteiger partial charge in [-0.05, 0) is 49.2 Å². The first-order valence-corrected chi connectivity index (χ1v) is 9.36. The van der Waals surface area contributed by atoms with E-state index in [4.69, 9.17) is 0 Å². The normalized spacial score (nSPS) is 23.3. The number of nitrogens with zero attached hydrogens (tertiary/aromatic N) is 1. The molecule has 3 rings (SSSR count). The van der Waals surface area contributed by atoms with Crippen LogP contribution in [0.5, 0.6) is 0 Å². The Balaban J connectivity index is 0.00000208. The smallest absolute Gasteiger partial charge is 0.248 e. The van der Waals surface area contributed by atoms with Crippen LogP contribution in [-0.2, 0) is 9.59 Å². The van der Waals surface area contributed by atoms with Crippen molar-refractivity contribution < 1.29 is 9.59 Å². The zero-order valence-corrected chi connectivity index (χ0v) is 15.6. The second-order valence-corrected chi connectivity index (χ2v) is 7.54. The minimum atomic E-state index is -0.448. The zero-order chi connectivity index (χ0) is 16.2. The molecule has 0 bridgehead atoms. The van der Waals surface area contributed by atoms with Gasteiger partial charge in [-0.1, -0.05) is 13.0 Å². The quantitative estimate of drug-likeness (QED) is 0.852. The maximum absolute atomic E-state index is 12.8. The van der Waals surface area contributed by atoms with E-state index in [1.165, 1.54) is 11.3 Å². The lowest BCUT2D eigenvalue weighted by Crippen LogP contribution is -2.52. The summed E-state index contributed by atoms with van der Waals surface area (Å²) < 4.78 is 0. The van der Waals surface area contributed by atoms with Gasteiger partial charge in [0.25, 0.3) is 0 Å². The second-order valence-electron chi connectivity index (χ2n) is 6.56. The van der Waals surface area contributed by atoms with E-state index in [2.05, 4.69) is 17.6 Å². The van der Waals surface area contributed by atoms with Crippen LogP contribution in [0.3, 0.4) is 0 Å². The van der Waals surface area contributed by atoms with Gasteiger partial charge >= 0.3 is 0 Å². The van der Waals surface area contributed by atoms with Crippen LogP contribution < -0.4 is 10.6 Å². The first-order chi connectivity index (χ1) is 11.2. The Hall–Kier alpha value is -1.11. The van der Waals surface area contributed by atoms with Crippen LogP contribution in [0, 0.1) is 11.8 Å². The van der Waals surface area contributed by atoms with Crippen LogP contribution in [0.15, 0.2) is 17.5 Å². The van der Waals surface area contributed by atoms with E-state index in [0.717, 1.165) is 30.8 Å². The van der Waals surface area contributed by atoms with Crippen molar-refractivity contribution in [2.45, 2.75) is 32.2 Å². The molecule has 2 atom stereocenters. The Morgan fingerprint density at radius 2 is 2.12 bits per heavy atom. The van der Waals surface area contributed by atoms with Crippen molar-refractivity contribution in [3.63, 3.8) is 0 Å². The standard InChI is InChI=1S/C17H25N3O2S.ClH/c1-12(13-4-6-18-7-5-13)11-15(21)20-9-8-19-17(22)16(20)14-3-2-10-23-14;/h2-3,10,12-13,16,18H,4-9,11H2,1H3,(H,19,22);1H. The maximum Gasteiger partial charge on any atom is 0.248 e. The van der Waals surface area contributed by atoms with E-state index in [0.29, 0.717) is 31.3 Å². The number of thiophene rings is 1. The number of hydrogen-bond acceptors (Lipinski definition) is 4. The van der Waals surface area contributed by atoms with Gasteiger partial charge in [0.15, 0.2) is 0 Å². The van der Waals surface area contributed by atoms with E-state index in [1.807, 2.05) is 17.5 Å². The largest absolute Gasteiger partial charge is 0.352 e. The monoisotopic (exact) mass is 371 g/mol. The molecule has 7 heteroatoms. The fourth-order valence-electron chi connectivity index (χ4n) is 3.64. The van der Waals surface area contributed by atoms with E-state index in [1.54, 1.807) is 4.90 Å². The Kier molecular flexibility index (Phi) is 7.07. The van der Waals surface area contributed by atoms with Crippen molar-refractivity contribution in [1.29, 1.82) is 0 Å². The third-order valence-electron chi connectivity index (χ3n) is 5.03. The molecule has 1 aromatic heterocycles. The van der Waals surface area contributed by atoms with Gasteiger partial charge in [-0.15, -0.1) is 23.7 Å². The summed E-state index contributed by atoms with van der Waals surface area (Å²) in [4.78, 5) is 27.9. The number of piperidine rings is 1. The average molecular weight is 372 g/mol. The fraction of sp³-hybridized carbons (Fsp3) is 0.647. The summed E-state index contributed by atoms with van der Waals surface area (Å²) in [7, 11) is 0. The maximum atomic E-state index is 12.8. The molecule has 2 aliphatic rings. The number of hydrogen-bond donors (Lipinski definition) is 2. The van der Waals surface area contributed by atoms with Crippen molar-refractivity contribution in [1.82, 2.24) is 15.5 Å². The number of nitrogens with one attached hydrogen (secondary N) is 2. The molecule has 2 aliphatic heterocycles. The summed E-state index contributed by atoms with van der Waals surface area (Å²) in [6, 6.07) is 3.43. The topological polar surface area (TPSA) is 61.4 Å². The van der Waals surface area contributed by atoms with E-state index in [9.17, 15) is 9.59 Å². The van der Waals surface area contributed by atoms with Crippen molar-refractivity contribution in [3.8, 4) is 0 Å². The van der Waals surface area contributed by atoms with E-state index >= 15 is 0 Å². The lowest BCUT2D eigenvalue weighted by molar-refractivity contribution is -0.144. The van der Waals surface area contributed by atoms with E-state index in [-0.39, 0.29) is 24.2 Å². The summed E-state index contributed by atoms with van der Waals surface area (Å²) in [6.07, 6.45) is 2.83. The lowest BCUT2D eigenvalue weighted by Gasteiger charge is -2.36. The summed E-state index contributed by atoms with van der Waals surface area (Å²) in [6.45, 7) is 5.43. The summed E-state index contributed by atoms with van der Waals surface area (Å²) in [5, 5.41) is 8.21. The molecular weight excluding hydrogens is 346 g/mol. The number of carbonyl (C=O) groups is 2. The molecule has 0 aliphatic carbocycles. The van der Waals surface area contributed by atoms with Crippen LogP contribution >= 0.6 is 23.7 Å². The van der Waals surface area contributed by atoms with Crippen LogP contribution in [0.2, 0.25) is 0 Å². The van der Waals surface area contributed by atoms with Crippen molar-refractivity contribution in [3.05, 3.63) is 22.4 Å². The Labute approximate surface area is 153 Å². The molecule has 134 valence electrons. The van der Waals surface area contributed by atoms with Gasteiger partial charge < -0.3 is 15.5 Å². The van der Waals surface area contributed by atoms with Gasteiger partial charge in [0.1, 0.15) is 6.04 Å². The van der Waals surface area contributed by atoms with Crippen molar-refractivity contribution in [2.75, 3.05) is 26.2 Å². The van der Waals surface area contributed by atoms with Crippen molar-refractivity contribution in [2.24, 2.45) is 11.8 Å². The fourth-order valence-corrected chi connectivity index (χ4v) is 4.47. The summed E-state index contributed by atoms with van der Waals surface area (Å²) >= 11 is 1.54. The average Bonchev–Trinajstić information content (AvgIpc) is 3.09. The molecule has 3 heterocycles. The highest BCUT2D eigenvalue weighted by atomic mass is 35.5. The summed E-state index contributed by atoms with van der Waals surface area (Å²) in [5.74, 6) is 1.04. The molecule has 2 amide bonds. The van der Waals surface area contributed by atoms with Gasteiger partial charge in [-0.2, -0.15) is 0 Å². The first kappa shape index (κ1) is 19.2. The molecule has 0 radical (unpaired) electrons. The molecule has 0 aromatic carbocycles. The highest BCUT2D eigenvalue weighted by Gasteiger charge is 2.36. The van der Waals surface area contributed by atoms with Crippen LogP contribution in [0.25, 0.3) is 0 Å². The Morgan fingerprint density at radius 3 is 2.79 bits per heavy atom. The molecule has 0 saturated carbocycles. The minimum Gasteiger partial charge on any atom is -0.352 e. The molecule has 2 fully saturated rings. The molecular formula is C17H26ClN3O2S. The lowest BCUT2D eigenvalue weighted by atomic mass is 9.83. The highest BCUT2D eigenvalue weighted by molar-refractivity contribution is 7.10. The predicted molar refractivity (Wildman–Crippen MR) is 98.4 cm³/mol. The zero-order valence-electron chi connectivity index (χ0n) is 14.0. The van der Waals surface area contributed by atoms with Gasteiger partial charge in [-0.3, -0.25) is 9.59 Å². The van der Waals surface area contributed by atoms with Crippen LogP contribution in [0.1, 0.15) is 37.1 Å². The molecule has 2 unspecified atom stereocenters. The predicted octanol–water partition coefficient (Wildman–Crippen LogP) is 2.20. The van der Waals surface area contributed by atoms with Crippen LogP contribution in [0.4, 0.5) is 0 Å². The molecule has 24 heavy (non-hydrogen) atoms. The Morgan fingerprint density at radius 1 is 1.38 bits per heavy atom. The van der Waals surface area contributed by atoms with Crippen LogP contribution in [-0.4, -0.2) is 42.9 Å². The van der Waals surface area contributed by atoms with Gasteiger partial charge in [-0.25, -0.2) is 0 Å². The van der Waals surface area contributed by atoms with E-state index < -0.39 is 6.04 Å². The van der Waals surface area contributed by atoms with Gasteiger partial charge in [0.05, 0.1) is 0 Å². The number of amides is 2. The van der Waals surface area contributed by atoms with Crippen molar-refractivity contribution >= 4 is 35.6 Å². The summed E-state index contributed by atoms with van der Waals surface area (Å²) in [5.41, 5.74) is 0. The number of rotatable bonds is 4. The molecule has 0 spiro atoms. The first-order valence-electron chi connectivity index (χ1n) is 8.48. The highest BCUT2D eigenvalue weighted by Crippen LogP contribution is 2.30. The number of halogens is 1. The third-order valence-corrected chi connectivity index (χ3v) is 5.95. The van der Waals surface area contributed by atoms with Gasteiger partial charge in [0, 0.05) is 24.4 Å². The number of carbonyl (C=O) groups excluding carboxylic acids is 2. The third kappa shape index (κ3) is 4.29.